The molecule has 1 saturated heterocycles. The molecule has 0 spiro atoms. The van der Waals surface area contributed by atoms with Crippen LogP contribution in [-0.4, -0.2) is 54.5 Å². The molecule has 0 radical (unpaired) electrons. The molecule has 1 aliphatic heterocycles. The Morgan fingerprint density at radius 3 is 2.65 bits per heavy atom. The van der Waals surface area contributed by atoms with E-state index < -0.39 is 0 Å². The van der Waals surface area contributed by atoms with Crippen LogP contribution in [0.5, 0.6) is 5.75 Å². The van der Waals surface area contributed by atoms with Crippen molar-refractivity contribution in [3.8, 4) is 5.75 Å². The number of piperazine rings is 1. The Bertz CT molecular complexity index is 447. The van der Waals surface area contributed by atoms with E-state index in [2.05, 4.69) is 11.8 Å². The van der Waals surface area contributed by atoms with E-state index in [1.165, 1.54) is 0 Å². The fourth-order valence-electron chi connectivity index (χ4n) is 2.56. The van der Waals surface area contributed by atoms with E-state index in [4.69, 9.17) is 10.5 Å². The van der Waals surface area contributed by atoms with E-state index in [9.17, 15) is 4.79 Å². The Kier molecular flexibility index (Phi) is 4.84. The highest BCUT2D eigenvalue weighted by molar-refractivity contribution is 5.73. The number of hydrogen-bond donors (Lipinski definition) is 1. The molecule has 2 rings (SSSR count). The van der Waals surface area contributed by atoms with Gasteiger partial charge in [0.1, 0.15) is 12.4 Å². The summed E-state index contributed by atoms with van der Waals surface area (Å²) in [7, 11) is 0. The van der Waals surface area contributed by atoms with Gasteiger partial charge in [0.2, 0.25) is 5.91 Å². The second kappa shape index (κ2) is 6.61. The zero-order valence-electron chi connectivity index (χ0n) is 12.2. The number of benzene rings is 1. The van der Waals surface area contributed by atoms with Crippen molar-refractivity contribution in [1.82, 2.24) is 9.80 Å². The van der Waals surface area contributed by atoms with Gasteiger partial charge >= 0.3 is 0 Å². The largest absolute Gasteiger partial charge is 0.492 e. The topological polar surface area (TPSA) is 58.8 Å². The minimum Gasteiger partial charge on any atom is -0.492 e. The summed E-state index contributed by atoms with van der Waals surface area (Å²) in [5, 5.41) is 0. The van der Waals surface area contributed by atoms with E-state index in [1.54, 1.807) is 6.92 Å². The summed E-state index contributed by atoms with van der Waals surface area (Å²) in [5.74, 6) is 1.00. The van der Waals surface area contributed by atoms with Crippen molar-refractivity contribution >= 4 is 11.6 Å². The van der Waals surface area contributed by atoms with Gasteiger partial charge in [0.05, 0.1) is 0 Å². The van der Waals surface area contributed by atoms with Crippen molar-refractivity contribution in [1.29, 1.82) is 0 Å². The van der Waals surface area contributed by atoms with E-state index in [0.29, 0.717) is 6.61 Å². The van der Waals surface area contributed by atoms with Crippen LogP contribution in [0, 0.1) is 0 Å². The monoisotopic (exact) mass is 277 g/mol. The van der Waals surface area contributed by atoms with Crippen LogP contribution in [0.25, 0.3) is 0 Å². The van der Waals surface area contributed by atoms with Gasteiger partial charge < -0.3 is 15.4 Å². The lowest BCUT2D eigenvalue weighted by Crippen LogP contribution is -2.54. The Labute approximate surface area is 120 Å². The Hall–Kier alpha value is -1.75. The molecule has 1 amide bonds. The predicted molar refractivity (Wildman–Crippen MR) is 79.6 cm³/mol. The van der Waals surface area contributed by atoms with Gasteiger partial charge in [-0.1, -0.05) is 0 Å². The summed E-state index contributed by atoms with van der Waals surface area (Å²) in [6, 6.07) is 7.71. The van der Waals surface area contributed by atoms with Crippen LogP contribution < -0.4 is 10.5 Å². The molecule has 1 atom stereocenters. The third kappa shape index (κ3) is 3.87. The molecule has 110 valence electrons. The van der Waals surface area contributed by atoms with E-state index >= 15 is 0 Å². The van der Waals surface area contributed by atoms with Crippen LogP contribution in [-0.2, 0) is 4.79 Å². The predicted octanol–water partition coefficient (Wildman–Crippen LogP) is 1.20. The van der Waals surface area contributed by atoms with Gasteiger partial charge in [0.25, 0.3) is 0 Å². The molecular formula is C15H23N3O2. The number of carbonyl (C=O) groups excluding carboxylic acids is 1. The summed E-state index contributed by atoms with van der Waals surface area (Å²) in [5.41, 5.74) is 6.37. The number of anilines is 1. The average Bonchev–Trinajstić information content (AvgIpc) is 2.41. The third-order valence-electron chi connectivity index (χ3n) is 3.67. The average molecular weight is 277 g/mol. The molecule has 0 bridgehead atoms. The first-order valence-electron chi connectivity index (χ1n) is 7.04. The molecule has 1 aromatic carbocycles. The standard InChI is InChI=1S/C15H23N3O2/c1-12-11-17(7-8-18(12)13(2)19)9-10-20-15-5-3-14(16)4-6-15/h3-6,12H,7-11,16H2,1-2H3/t12-/m1/s1. The number of amides is 1. The molecular weight excluding hydrogens is 254 g/mol. The summed E-state index contributed by atoms with van der Waals surface area (Å²) in [4.78, 5) is 15.7. The van der Waals surface area contributed by atoms with Crippen LogP contribution in [0.1, 0.15) is 13.8 Å². The van der Waals surface area contributed by atoms with Crippen molar-refractivity contribution in [2.75, 3.05) is 38.5 Å². The first-order valence-corrected chi connectivity index (χ1v) is 7.04. The molecule has 0 aromatic heterocycles. The lowest BCUT2D eigenvalue weighted by Gasteiger charge is -2.39. The molecule has 1 heterocycles. The minimum absolute atomic E-state index is 0.162. The molecule has 0 saturated carbocycles. The SMILES string of the molecule is CC(=O)N1CCN(CCOc2ccc(N)cc2)C[C@H]1C. The van der Waals surface area contributed by atoms with Crippen LogP contribution in [0.4, 0.5) is 5.69 Å². The summed E-state index contributed by atoms with van der Waals surface area (Å²) in [6.45, 7) is 7.88. The van der Waals surface area contributed by atoms with Gasteiger partial charge in [0, 0.05) is 44.8 Å². The fourth-order valence-corrected chi connectivity index (χ4v) is 2.56. The zero-order chi connectivity index (χ0) is 14.5. The van der Waals surface area contributed by atoms with Gasteiger partial charge in [-0.3, -0.25) is 9.69 Å². The van der Waals surface area contributed by atoms with Crippen LogP contribution in [0.15, 0.2) is 24.3 Å². The smallest absolute Gasteiger partial charge is 0.219 e. The molecule has 2 N–H and O–H groups in total. The first kappa shape index (κ1) is 14.7. The van der Waals surface area contributed by atoms with Crippen LogP contribution in [0.3, 0.4) is 0 Å². The highest BCUT2D eigenvalue weighted by Gasteiger charge is 2.24. The quantitative estimate of drug-likeness (QED) is 0.840. The van der Waals surface area contributed by atoms with Crippen molar-refractivity contribution in [3.05, 3.63) is 24.3 Å². The summed E-state index contributed by atoms with van der Waals surface area (Å²) < 4.78 is 5.70. The molecule has 1 fully saturated rings. The fraction of sp³-hybridized carbons (Fsp3) is 0.533. The highest BCUT2D eigenvalue weighted by Crippen LogP contribution is 2.13. The van der Waals surface area contributed by atoms with Crippen molar-refractivity contribution in [2.45, 2.75) is 19.9 Å². The van der Waals surface area contributed by atoms with Crippen molar-refractivity contribution in [3.63, 3.8) is 0 Å². The van der Waals surface area contributed by atoms with E-state index in [0.717, 1.165) is 37.6 Å². The third-order valence-corrected chi connectivity index (χ3v) is 3.67. The minimum atomic E-state index is 0.162. The number of nitrogens with zero attached hydrogens (tertiary/aromatic N) is 2. The number of rotatable bonds is 4. The molecule has 5 heteroatoms. The zero-order valence-corrected chi connectivity index (χ0v) is 12.2. The van der Waals surface area contributed by atoms with Crippen LogP contribution >= 0.6 is 0 Å². The van der Waals surface area contributed by atoms with Gasteiger partial charge in [-0.15, -0.1) is 0 Å². The molecule has 1 aromatic rings. The summed E-state index contributed by atoms with van der Waals surface area (Å²) in [6.07, 6.45) is 0. The van der Waals surface area contributed by atoms with Crippen LogP contribution in [0.2, 0.25) is 0 Å². The molecule has 0 aliphatic carbocycles. The first-order chi connectivity index (χ1) is 9.56. The number of nitrogens with two attached hydrogens (primary N) is 1. The Morgan fingerprint density at radius 1 is 1.35 bits per heavy atom. The number of ether oxygens (including phenoxy) is 1. The van der Waals surface area contributed by atoms with Crippen molar-refractivity contribution < 1.29 is 9.53 Å². The maximum absolute atomic E-state index is 11.4. The van der Waals surface area contributed by atoms with Gasteiger partial charge in [-0.25, -0.2) is 0 Å². The van der Waals surface area contributed by atoms with Gasteiger partial charge in [-0.2, -0.15) is 0 Å². The van der Waals surface area contributed by atoms with Gasteiger partial charge in [-0.05, 0) is 31.2 Å². The normalized spacial score (nSPS) is 19.9. The Morgan fingerprint density at radius 2 is 2.05 bits per heavy atom. The second-order valence-electron chi connectivity index (χ2n) is 5.28. The van der Waals surface area contributed by atoms with Gasteiger partial charge in [0.15, 0.2) is 0 Å². The van der Waals surface area contributed by atoms with E-state index in [1.807, 2.05) is 29.2 Å². The lowest BCUT2D eigenvalue weighted by atomic mass is 10.2. The Balaban J connectivity index is 1.73. The molecule has 20 heavy (non-hydrogen) atoms. The number of hydrogen-bond acceptors (Lipinski definition) is 4. The molecule has 0 unspecified atom stereocenters. The van der Waals surface area contributed by atoms with E-state index in [-0.39, 0.29) is 11.9 Å². The summed E-state index contributed by atoms with van der Waals surface area (Å²) >= 11 is 0. The number of nitrogen functional groups attached to an aromatic ring is 1. The second-order valence-corrected chi connectivity index (χ2v) is 5.28. The maximum atomic E-state index is 11.4. The maximum Gasteiger partial charge on any atom is 0.219 e. The highest BCUT2D eigenvalue weighted by atomic mass is 16.5. The lowest BCUT2D eigenvalue weighted by molar-refractivity contribution is -0.133. The van der Waals surface area contributed by atoms with Crippen molar-refractivity contribution in [2.24, 2.45) is 0 Å². The number of carbonyl (C=O) groups is 1. The molecule has 1 aliphatic rings. The molecule has 5 nitrogen and oxygen atoms in total.